The molecular weight excluding hydrogens is 264 g/mol. The molecule has 0 spiro atoms. The Hall–Kier alpha value is -0.520. The van der Waals surface area contributed by atoms with Gasteiger partial charge in [0.25, 0.3) is 0 Å². The van der Waals surface area contributed by atoms with Gasteiger partial charge < -0.3 is 0 Å². The van der Waals surface area contributed by atoms with Crippen LogP contribution in [0.15, 0.2) is 24.3 Å². The number of fused-ring (bicyclic) bond motifs is 2. The van der Waals surface area contributed by atoms with Gasteiger partial charge in [-0.2, -0.15) is 0 Å². The Morgan fingerprint density at radius 3 is 2.59 bits per heavy atom. The monoisotopic (exact) mass is 300 g/mol. The molecule has 0 radical (unpaired) electrons. The SMILES string of the molecule is C=CC1CC(/C=C2\CC3CC2C(C)C3CCCCC)CC1C. The van der Waals surface area contributed by atoms with Crippen LogP contribution in [0.1, 0.15) is 72.1 Å². The Kier molecular flexibility index (Phi) is 5.15. The lowest BCUT2D eigenvalue weighted by atomic mass is 9.75. The largest absolute Gasteiger partial charge is 0.103 e. The molecule has 0 saturated heterocycles. The summed E-state index contributed by atoms with van der Waals surface area (Å²) in [5.74, 6) is 6.41. The molecule has 0 N–H and O–H groups in total. The van der Waals surface area contributed by atoms with E-state index in [0.717, 1.165) is 41.4 Å². The number of rotatable bonds is 6. The van der Waals surface area contributed by atoms with Crippen molar-refractivity contribution in [2.24, 2.45) is 41.4 Å². The van der Waals surface area contributed by atoms with Crippen molar-refractivity contribution >= 4 is 0 Å². The minimum atomic E-state index is 0.764. The Morgan fingerprint density at radius 2 is 1.95 bits per heavy atom. The van der Waals surface area contributed by atoms with Crippen LogP contribution < -0.4 is 0 Å². The van der Waals surface area contributed by atoms with Gasteiger partial charge in [0.15, 0.2) is 0 Å². The van der Waals surface area contributed by atoms with Crippen LogP contribution in [0.2, 0.25) is 0 Å². The molecule has 0 aliphatic heterocycles. The van der Waals surface area contributed by atoms with E-state index in [-0.39, 0.29) is 0 Å². The molecule has 3 aliphatic carbocycles. The Bertz CT molecular complexity index is 416. The van der Waals surface area contributed by atoms with Crippen LogP contribution in [0.5, 0.6) is 0 Å². The Labute approximate surface area is 138 Å². The van der Waals surface area contributed by atoms with Gasteiger partial charge in [-0.1, -0.05) is 57.8 Å². The standard InChI is InChI=1S/C22H36/c1-5-7-8-9-21-16(4)22-14-20(21)13-19(22)12-17-10-15(3)18(6-2)11-17/h6,12,15-18,20-22H,2,5,7-11,13-14H2,1,3-4H3/b19-12+. The molecule has 0 aromatic heterocycles. The lowest BCUT2D eigenvalue weighted by Crippen LogP contribution is -2.21. The summed E-state index contributed by atoms with van der Waals surface area (Å²) >= 11 is 0. The van der Waals surface area contributed by atoms with Gasteiger partial charge in [-0.05, 0) is 73.5 Å². The normalized spacial score (nSPS) is 45.8. The molecule has 0 nitrogen and oxygen atoms in total. The maximum atomic E-state index is 4.03. The summed E-state index contributed by atoms with van der Waals surface area (Å²) in [7, 11) is 0. The zero-order valence-corrected chi connectivity index (χ0v) is 15.1. The summed E-state index contributed by atoms with van der Waals surface area (Å²) in [6.45, 7) is 11.3. The number of unbranched alkanes of at least 4 members (excludes halogenated alkanes) is 2. The molecule has 124 valence electrons. The van der Waals surface area contributed by atoms with Gasteiger partial charge in [0.05, 0.1) is 0 Å². The predicted octanol–water partition coefficient (Wildman–Crippen LogP) is 6.63. The van der Waals surface area contributed by atoms with Gasteiger partial charge in [-0.15, -0.1) is 6.58 Å². The van der Waals surface area contributed by atoms with Crippen molar-refractivity contribution in [3.63, 3.8) is 0 Å². The van der Waals surface area contributed by atoms with E-state index < -0.39 is 0 Å². The first-order chi connectivity index (χ1) is 10.6. The third kappa shape index (κ3) is 3.08. The highest BCUT2D eigenvalue weighted by Gasteiger charge is 2.47. The van der Waals surface area contributed by atoms with Crippen LogP contribution >= 0.6 is 0 Å². The molecule has 0 heteroatoms. The maximum Gasteiger partial charge on any atom is -0.0172 e. The summed E-state index contributed by atoms with van der Waals surface area (Å²) in [6, 6.07) is 0. The fraction of sp³-hybridized carbons (Fsp3) is 0.818. The fourth-order valence-corrected chi connectivity index (χ4v) is 6.04. The molecule has 0 heterocycles. The van der Waals surface area contributed by atoms with Crippen LogP contribution in [0.3, 0.4) is 0 Å². The topological polar surface area (TPSA) is 0 Å². The third-order valence-corrected chi connectivity index (χ3v) is 7.32. The van der Waals surface area contributed by atoms with Gasteiger partial charge in [0.1, 0.15) is 0 Å². The van der Waals surface area contributed by atoms with Crippen molar-refractivity contribution in [3.05, 3.63) is 24.3 Å². The Balaban J connectivity index is 1.59. The number of allylic oxidation sites excluding steroid dienone is 3. The summed E-state index contributed by atoms with van der Waals surface area (Å²) in [5.41, 5.74) is 1.85. The van der Waals surface area contributed by atoms with E-state index in [1.807, 2.05) is 5.57 Å². The van der Waals surface area contributed by atoms with Crippen LogP contribution in [0.25, 0.3) is 0 Å². The summed E-state index contributed by atoms with van der Waals surface area (Å²) < 4.78 is 0. The van der Waals surface area contributed by atoms with Crippen molar-refractivity contribution in [1.29, 1.82) is 0 Å². The van der Waals surface area contributed by atoms with Crippen molar-refractivity contribution < 1.29 is 0 Å². The Morgan fingerprint density at radius 1 is 1.14 bits per heavy atom. The van der Waals surface area contributed by atoms with Crippen molar-refractivity contribution in [3.8, 4) is 0 Å². The average Bonchev–Trinajstić information content (AvgIpc) is 3.14. The zero-order valence-electron chi connectivity index (χ0n) is 15.1. The molecule has 7 atom stereocenters. The highest BCUT2D eigenvalue weighted by Crippen LogP contribution is 2.57. The summed E-state index contributed by atoms with van der Waals surface area (Å²) in [6.07, 6.45) is 16.4. The quantitative estimate of drug-likeness (QED) is 0.381. The molecule has 3 rings (SSSR count). The van der Waals surface area contributed by atoms with Gasteiger partial charge in [0.2, 0.25) is 0 Å². The summed E-state index contributed by atoms with van der Waals surface area (Å²) in [5, 5.41) is 0. The fourth-order valence-electron chi connectivity index (χ4n) is 6.04. The van der Waals surface area contributed by atoms with Crippen molar-refractivity contribution in [2.75, 3.05) is 0 Å². The maximum absolute atomic E-state index is 4.03. The van der Waals surface area contributed by atoms with Gasteiger partial charge in [-0.25, -0.2) is 0 Å². The minimum absolute atomic E-state index is 0.764. The van der Waals surface area contributed by atoms with Crippen molar-refractivity contribution in [2.45, 2.75) is 72.1 Å². The predicted molar refractivity (Wildman–Crippen MR) is 96.7 cm³/mol. The van der Waals surface area contributed by atoms with Crippen LogP contribution in [-0.4, -0.2) is 0 Å². The highest BCUT2D eigenvalue weighted by atomic mass is 14.5. The lowest BCUT2D eigenvalue weighted by molar-refractivity contribution is 0.255. The summed E-state index contributed by atoms with van der Waals surface area (Å²) in [4.78, 5) is 0. The van der Waals surface area contributed by atoms with Crippen LogP contribution in [0.4, 0.5) is 0 Å². The van der Waals surface area contributed by atoms with Gasteiger partial charge >= 0.3 is 0 Å². The van der Waals surface area contributed by atoms with Crippen LogP contribution in [0, 0.1) is 41.4 Å². The minimum Gasteiger partial charge on any atom is -0.103 e. The molecule has 3 aliphatic rings. The molecule has 3 saturated carbocycles. The molecule has 0 amide bonds. The van der Waals surface area contributed by atoms with Crippen LogP contribution in [-0.2, 0) is 0 Å². The first-order valence-electron chi connectivity index (χ1n) is 9.97. The number of hydrogen-bond donors (Lipinski definition) is 0. The lowest BCUT2D eigenvalue weighted by Gasteiger charge is -2.30. The average molecular weight is 301 g/mol. The van der Waals surface area contributed by atoms with E-state index in [9.17, 15) is 0 Å². The van der Waals surface area contributed by atoms with E-state index in [1.54, 1.807) is 0 Å². The third-order valence-electron chi connectivity index (χ3n) is 7.32. The molecule has 7 unspecified atom stereocenters. The smallest absolute Gasteiger partial charge is 0.0172 e. The second-order valence-corrected chi connectivity index (χ2v) is 8.68. The van der Waals surface area contributed by atoms with Gasteiger partial charge in [0, 0.05) is 0 Å². The van der Waals surface area contributed by atoms with E-state index in [2.05, 4.69) is 39.5 Å². The van der Waals surface area contributed by atoms with E-state index in [1.165, 1.54) is 51.4 Å². The zero-order chi connectivity index (χ0) is 15.7. The molecule has 0 aromatic rings. The molecule has 22 heavy (non-hydrogen) atoms. The molecule has 0 aromatic carbocycles. The first kappa shape index (κ1) is 16.3. The highest BCUT2D eigenvalue weighted by molar-refractivity contribution is 5.22. The second-order valence-electron chi connectivity index (χ2n) is 8.68. The second kappa shape index (κ2) is 6.93. The van der Waals surface area contributed by atoms with E-state index in [0.29, 0.717) is 0 Å². The molecule has 2 bridgehead atoms. The molecule has 3 fully saturated rings. The van der Waals surface area contributed by atoms with E-state index in [4.69, 9.17) is 0 Å². The molecular formula is C22H36. The first-order valence-corrected chi connectivity index (χ1v) is 9.97. The number of hydrogen-bond acceptors (Lipinski definition) is 0. The van der Waals surface area contributed by atoms with E-state index >= 15 is 0 Å². The van der Waals surface area contributed by atoms with Gasteiger partial charge in [-0.3, -0.25) is 0 Å². The van der Waals surface area contributed by atoms with Crippen molar-refractivity contribution in [1.82, 2.24) is 0 Å².